The van der Waals surface area contributed by atoms with Crippen molar-refractivity contribution in [1.82, 2.24) is 15.6 Å². The summed E-state index contributed by atoms with van der Waals surface area (Å²) in [5, 5.41) is 6.11. The Hall–Kier alpha value is -0.910. The lowest BCUT2D eigenvalue weighted by atomic mass is 10.2. The van der Waals surface area contributed by atoms with Gasteiger partial charge in [0.15, 0.2) is 5.82 Å². The van der Waals surface area contributed by atoms with Gasteiger partial charge < -0.3 is 10.6 Å². The number of carbonyl (C=O) groups is 1. The summed E-state index contributed by atoms with van der Waals surface area (Å²) in [4.78, 5) is 15.4. The highest BCUT2D eigenvalue weighted by Gasteiger charge is 2.53. The topological polar surface area (TPSA) is 54.0 Å². The van der Waals surface area contributed by atoms with E-state index in [1.165, 1.54) is 12.3 Å². The first kappa shape index (κ1) is 15.1. The van der Waals surface area contributed by atoms with Gasteiger partial charge >= 0.3 is 0 Å². The lowest BCUT2D eigenvalue weighted by Crippen LogP contribution is -2.33. The third-order valence-corrected chi connectivity index (χ3v) is 3.41. The first-order valence-electron chi connectivity index (χ1n) is 5.38. The van der Waals surface area contributed by atoms with Crippen molar-refractivity contribution in [3.63, 3.8) is 0 Å². The maximum atomic E-state index is 13.3. The molecule has 1 aromatic rings. The summed E-state index contributed by atoms with van der Waals surface area (Å²) in [5.74, 6) is 0.172. The fourth-order valence-electron chi connectivity index (χ4n) is 2.42. The van der Waals surface area contributed by atoms with E-state index in [1.54, 1.807) is 0 Å². The first-order valence-corrected chi connectivity index (χ1v) is 5.38. The summed E-state index contributed by atoms with van der Waals surface area (Å²) in [7, 11) is 0. The van der Waals surface area contributed by atoms with Crippen LogP contribution in [0.5, 0.6) is 0 Å². The molecule has 2 N–H and O–H groups in total. The third kappa shape index (κ3) is 2.58. The number of aromatic nitrogens is 1. The number of fused-ring (bicyclic) bond motifs is 1. The molecule has 2 heterocycles. The van der Waals surface area contributed by atoms with Crippen molar-refractivity contribution in [2.75, 3.05) is 13.1 Å². The zero-order valence-electron chi connectivity index (χ0n) is 9.43. The summed E-state index contributed by atoms with van der Waals surface area (Å²) in [5.41, 5.74) is 0.0768. The number of amides is 1. The van der Waals surface area contributed by atoms with Gasteiger partial charge in [-0.05, 0) is 17.9 Å². The highest BCUT2D eigenvalue weighted by atomic mass is 35.5. The summed E-state index contributed by atoms with van der Waals surface area (Å²) >= 11 is 0. The van der Waals surface area contributed by atoms with Gasteiger partial charge in [0.2, 0.25) is 0 Å². The van der Waals surface area contributed by atoms with Crippen LogP contribution in [-0.2, 0) is 0 Å². The molecule has 1 amide bonds. The highest BCUT2D eigenvalue weighted by Crippen LogP contribution is 2.41. The van der Waals surface area contributed by atoms with Crippen molar-refractivity contribution in [2.24, 2.45) is 11.8 Å². The Labute approximate surface area is 117 Å². The van der Waals surface area contributed by atoms with Crippen LogP contribution in [0.1, 0.15) is 10.4 Å². The molecule has 1 aliphatic heterocycles. The molecule has 4 nitrogen and oxygen atoms in total. The lowest BCUT2D eigenvalue weighted by Gasteiger charge is -2.07. The second kappa shape index (κ2) is 5.82. The average molecular weight is 294 g/mol. The van der Waals surface area contributed by atoms with E-state index in [1.807, 2.05) is 0 Å². The molecule has 2 fully saturated rings. The van der Waals surface area contributed by atoms with Gasteiger partial charge in [-0.1, -0.05) is 0 Å². The summed E-state index contributed by atoms with van der Waals surface area (Å²) < 4.78 is 13.3. The van der Waals surface area contributed by atoms with Crippen LogP contribution in [0.2, 0.25) is 0 Å². The van der Waals surface area contributed by atoms with E-state index >= 15 is 0 Å². The number of nitrogens with zero attached hydrogens (tertiary/aromatic N) is 1. The van der Waals surface area contributed by atoms with E-state index in [2.05, 4.69) is 15.6 Å². The average Bonchev–Trinajstić information content (AvgIpc) is 2.75. The van der Waals surface area contributed by atoms with Gasteiger partial charge in [-0.25, -0.2) is 4.39 Å². The molecule has 1 saturated carbocycles. The maximum absolute atomic E-state index is 13.3. The third-order valence-electron chi connectivity index (χ3n) is 3.41. The molecule has 7 heteroatoms. The van der Waals surface area contributed by atoms with Crippen LogP contribution < -0.4 is 10.6 Å². The van der Waals surface area contributed by atoms with Gasteiger partial charge in [0, 0.05) is 25.3 Å². The quantitative estimate of drug-likeness (QED) is 0.856. The van der Waals surface area contributed by atoms with Crippen LogP contribution in [0.25, 0.3) is 0 Å². The predicted molar refractivity (Wildman–Crippen MR) is 69.8 cm³/mol. The van der Waals surface area contributed by atoms with E-state index in [0.29, 0.717) is 11.8 Å². The Bertz CT molecular complexity index is 436. The van der Waals surface area contributed by atoms with Crippen LogP contribution in [0.4, 0.5) is 4.39 Å². The zero-order chi connectivity index (χ0) is 11.1. The zero-order valence-corrected chi connectivity index (χ0v) is 11.1. The Balaban J connectivity index is 0.000000810. The summed E-state index contributed by atoms with van der Waals surface area (Å²) in [6.45, 7) is 1.91. The molecule has 1 saturated heterocycles. The van der Waals surface area contributed by atoms with Gasteiger partial charge in [0.1, 0.15) is 0 Å². The molecule has 0 bridgehead atoms. The molecule has 2 aliphatic rings. The molecule has 100 valence electrons. The molecule has 0 spiro atoms. The smallest absolute Gasteiger partial charge is 0.254 e. The van der Waals surface area contributed by atoms with Gasteiger partial charge in [-0.2, -0.15) is 0 Å². The Kier molecular flexibility index (Phi) is 4.90. The molecule has 0 radical (unpaired) electrons. The molecule has 1 aromatic heterocycles. The van der Waals surface area contributed by atoms with E-state index in [0.717, 1.165) is 19.3 Å². The van der Waals surface area contributed by atoms with Crippen molar-refractivity contribution in [1.29, 1.82) is 0 Å². The standard InChI is InChI=1S/C11H12FN3O.2ClH/c12-9-5-13-2-1-6(9)11(16)15-10-7-3-14-4-8(7)10;;/h1-2,5,7-8,10,14H,3-4H2,(H,15,16);2*1H. The number of piperidine rings is 1. The number of pyridine rings is 1. The maximum Gasteiger partial charge on any atom is 0.254 e. The Morgan fingerprint density at radius 1 is 1.39 bits per heavy atom. The molecular formula is C11H14Cl2FN3O. The van der Waals surface area contributed by atoms with Crippen LogP contribution >= 0.6 is 24.8 Å². The molecule has 2 atom stereocenters. The first-order chi connectivity index (χ1) is 7.77. The molecule has 0 aromatic carbocycles. The van der Waals surface area contributed by atoms with Gasteiger partial charge in [0.05, 0.1) is 11.8 Å². The highest BCUT2D eigenvalue weighted by molar-refractivity contribution is 5.94. The van der Waals surface area contributed by atoms with Crippen LogP contribution in [0.3, 0.4) is 0 Å². The minimum Gasteiger partial charge on any atom is -0.349 e. The normalized spacial score (nSPS) is 27.5. The van der Waals surface area contributed by atoms with Crippen molar-refractivity contribution in [3.05, 3.63) is 29.8 Å². The Morgan fingerprint density at radius 2 is 2.06 bits per heavy atom. The van der Waals surface area contributed by atoms with E-state index in [9.17, 15) is 9.18 Å². The van der Waals surface area contributed by atoms with Crippen LogP contribution in [0.15, 0.2) is 18.5 Å². The number of carbonyl (C=O) groups excluding carboxylic acids is 1. The van der Waals surface area contributed by atoms with Crippen molar-refractivity contribution in [2.45, 2.75) is 6.04 Å². The fourth-order valence-corrected chi connectivity index (χ4v) is 2.42. The number of hydrogen-bond acceptors (Lipinski definition) is 3. The molecular weight excluding hydrogens is 280 g/mol. The van der Waals surface area contributed by atoms with Crippen molar-refractivity contribution in [3.8, 4) is 0 Å². The Morgan fingerprint density at radius 3 is 2.67 bits per heavy atom. The minimum atomic E-state index is -0.566. The number of nitrogens with one attached hydrogen (secondary N) is 2. The summed E-state index contributed by atoms with van der Waals surface area (Å²) in [6, 6.07) is 1.63. The van der Waals surface area contributed by atoms with E-state index in [4.69, 9.17) is 0 Å². The van der Waals surface area contributed by atoms with E-state index in [-0.39, 0.29) is 42.3 Å². The fraction of sp³-hybridized carbons (Fsp3) is 0.455. The van der Waals surface area contributed by atoms with Gasteiger partial charge in [-0.3, -0.25) is 9.78 Å². The van der Waals surface area contributed by atoms with Crippen LogP contribution in [0, 0.1) is 17.7 Å². The number of hydrogen-bond donors (Lipinski definition) is 2. The largest absolute Gasteiger partial charge is 0.349 e. The monoisotopic (exact) mass is 293 g/mol. The minimum absolute atomic E-state index is 0. The van der Waals surface area contributed by atoms with Gasteiger partial charge in [0.25, 0.3) is 5.91 Å². The second-order valence-electron chi connectivity index (χ2n) is 4.34. The van der Waals surface area contributed by atoms with Gasteiger partial charge in [-0.15, -0.1) is 24.8 Å². The van der Waals surface area contributed by atoms with E-state index < -0.39 is 5.82 Å². The lowest BCUT2D eigenvalue weighted by molar-refractivity contribution is 0.0942. The second-order valence-corrected chi connectivity index (χ2v) is 4.34. The SMILES string of the molecule is Cl.Cl.O=C(NC1C2CNCC21)c1ccncc1F. The number of halogens is 3. The molecule has 1 aliphatic carbocycles. The predicted octanol–water partition coefficient (Wildman–Crippen LogP) is 1.01. The van der Waals surface area contributed by atoms with Crippen molar-refractivity contribution < 1.29 is 9.18 Å². The summed E-state index contributed by atoms with van der Waals surface area (Å²) in [6.07, 6.45) is 2.48. The molecule has 2 unspecified atom stereocenters. The van der Waals surface area contributed by atoms with Crippen LogP contribution in [-0.4, -0.2) is 30.0 Å². The molecule has 18 heavy (non-hydrogen) atoms. The molecule has 3 rings (SSSR count). The number of rotatable bonds is 2. The van der Waals surface area contributed by atoms with Crippen molar-refractivity contribution >= 4 is 30.7 Å².